The van der Waals surface area contributed by atoms with Crippen LogP contribution in [0.3, 0.4) is 0 Å². The summed E-state index contributed by atoms with van der Waals surface area (Å²) in [7, 11) is 0. The number of pyridine rings is 1. The molecule has 1 aromatic heterocycles. The maximum Gasteiger partial charge on any atom is 0.127 e. The largest absolute Gasteiger partial charge is 0.488 e. The van der Waals surface area contributed by atoms with Crippen molar-refractivity contribution in [3.8, 4) is 11.8 Å². The number of benzene rings is 2. The molecule has 3 aromatic rings. The molecule has 22 heavy (non-hydrogen) atoms. The fourth-order valence-electron chi connectivity index (χ4n) is 2.81. The van der Waals surface area contributed by atoms with Gasteiger partial charge < -0.3 is 4.74 Å². The molecule has 1 aliphatic rings. The molecule has 0 amide bonds. The van der Waals surface area contributed by atoms with E-state index in [0.29, 0.717) is 6.61 Å². The molecule has 4 rings (SSSR count). The molecule has 1 unspecified atom stereocenters. The third-order valence-corrected chi connectivity index (χ3v) is 4.67. The van der Waals surface area contributed by atoms with Crippen molar-refractivity contribution < 1.29 is 4.74 Å². The molecule has 0 saturated carbocycles. The first-order valence-corrected chi connectivity index (χ1v) is 7.75. The van der Waals surface area contributed by atoms with Gasteiger partial charge in [0.25, 0.3) is 0 Å². The second-order valence-electron chi connectivity index (χ2n) is 5.25. The molecular weight excluding hydrogens is 340 g/mol. The molecule has 4 heteroatoms. The van der Waals surface area contributed by atoms with E-state index in [2.05, 4.69) is 27.0 Å². The van der Waals surface area contributed by atoms with Crippen LogP contribution in [0, 0.1) is 11.3 Å². The van der Waals surface area contributed by atoms with Gasteiger partial charge in [-0.2, -0.15) is 5.26 Å². The summed E-state index contributed by atoms with van der Waals surface area (Å²) in [5.74, 6) is 0.476. The summed E-state index contributed by atoms with van der Waals surface area (Å²) in [5, 5.41) is 11.9. The molecule has 0 aliphatic carbocycles. The fraction of sp³-hybridized carbons (Fsp3) is 0.111. The molecule has 2 heterocycles. The zero-order chi connectivity index (χ0) is 15.1. The first-order valence-electron chi connectivity index (χ1n) is 6.96. The Kier molecular flexibility index (Phi) is 3.09. The Labute approximate surface area is 136 Å². The molecule has 0 radical (unpaired) electrons. The third-order valence-electron chi connectivity index (χ3n) is 3.98. The summed E-state index contributed by atoms with van der Waals surface area (Å²) in [6, 6.07) is 16.4. The van der Waals surface area contributed by atoms with Crippen LogP contribution >= 0.6 is 15.9 Å². The molecule has 0 bridgehead atoms. The molecule has 0 spiro atoms. The van der Waals surface area contributed by atoms with E-state index in [-0.39, 0.29) is 0 Å². The molecule has 1 aliphatic heterocycles. The normalized spacial score (nSPS) is 13.6. The van der Waals surface area contributed by atoms with E-state index in [1.165, 1.54) is 0 Å². The standard InChI is InChI=1S/C18H11BrN2O/c19-16-8-17-12(10-22-17)7-14(16)15(9-20)18-13-4-2-1-3-11(13)5-6-21-18/h1-8,15H,10H2. The van der Waals surface area contributed by atoms with E-state index in [4.69, 9.17) is 4.74 Å². The maximum atomic E-state index is 9.75. The minimum absolute atomic E-state index is 0.411. The Hall–Kier alpha value is -2.38. The van der Waals surface area contributed by atoms with Crippen LogP contribution in [0.1, 0.15) is 22.7 Å². The first-order chi connectivity index (χ1) is 10.8. The Bertz CT molecular complexity index is 925. The van der Waals surface area contributed by atoms with Gasteiger partial charge in [0.15, 0.2) is 0 Å². The summed E-state index contributed by atoms with van der Waals surface area (Å²) in [5.41, 5.74) is 2.87. The van der Waals surface area contributed by atoms with Gasteiger partial charge in [0.1, 0.15) is 18.3 Å². The lowest BCUT2D eigenvalue weighted by atomic mass is 9.91. The predicted octanol–water partition coefficient (Wildman–Crippen LogP) is 4.55. The monoisotopic (exact) mass is 350 g/mol. The lowest BCUT2D eigenvalue weighted by Gasteiger charge is -2.23. The molecule has 2 aromatic carbocycles. The zero-order valence-corrected chi connectivity index (χ0v) is 13.2. The molecular formula is C18H11BrN2O. The number of aromatic nitrogens is 1. The van der Waals surface area contributed by atoms with Crippen molar-refractivity contribution in [2.75, 3.05) is 0 Å². The molecule has 0 N–H and O–H groups in total. The summed E-state index contributed by atoms with van der Waals surface area (Å²) < 4.78 is 6.25. The third kappa shape index (κ3) is 1.98. The Balaban J connectivity index is 1.92. The van der Waals surface area contributed by atoms with Crippen LogP contribution in [0.4, 0.5) is 0 Å². The highest BCUT2D eigenvalue weighted by atomic mass is 79.9. The highest BCUT2D eigenvalue weighted by molar-refractivity contribution is 9.10. The minimum atomic E-state index is -0.411. The first kappa shape index (κ1) is 13.3. The Morgan fingerprint density at radius 2 is 2.09 bits per heavy atom. The number of halogens is 1. The van der Waals surface area contributed by atoms with Gasteiger partial charge in [-0.3, -0.25) is 4.98 Å². The minimum Gasteiger partial charge on any atom is -0.488 e. The van der Waals surface area contributed by atoms with Crippen LogP contribution in [-0.4, -0.2) is 4.98 Å². The number of rotatable bonds is 2. The van der Waals surface area contributed by atoms with Gasteiger partial charge in [-0.25, -0.2) is 0 Å². The summed E-state index contributed by atoms with van der Waals surface area (Å²) in [4.78, 5) is 4.49. The molecule has 3 nitrogen and oxygen atoms in total. The second-order valence-corrected chi connectivity index (χ2v) is 6.10. The van der Waals surface area contributed by atoms with E-state index in [1.807, 2.05) is 42.5 Å². The van der Waals surface area contributed by atoms with Crippen molar-refractivity contribution in [1.82, 2.24) is 4.98 Å². The lowest BCUT2D eigenvalue weighted by Crippen LogP contribution is -2.12. The lowest BCUT2D eigenvalue weighted by molar-refractivity contribution is 0.243. The van der Waals surface area contributed by atoms with Gasteiger partial charge in [-0.05, 0) is 29.1 Å². The fourth-order valence-corrected chi connectivity index (χ4v) is 3.36. The van der Waals surface area contributed by atoms with E-state index in [9.17, 15) is 5.26 Å². The Morgan fingerprint density at radius 3 is 2.86 bits per heavy atom. The van der Waals surface area contributed by atoms with Crippen LogP contribution in [0.5, 0.6) is 5.75 Å². The van der Waals surface area contributed by atoms with Gasteiger partial charge in [-0.1, -0.05) is 40.2 Å². The number of hydrogen-bond acceptors (Lipinski definition) is 3. The number of fused-ring (bicyclic) bond motifs is 2. The molecule has 0 fully saturated rings. The summed E-state index contributed by atoms with van der Waals surface area (Å²) in [6.45, 7) is 0.608. The number of hydrogen-bond donors (Lipinski definition) is 0. The highest BCUT2D eigenvalue weighted by Crippen LogP contribution is 2.39. The van der Waals surface area contributed by atoms with Gasteiger partial charge in [0.05, 0.1) is 11.8 Å². The number of ether oxygens (including phenoxy) is 1. The van der Waals surface area contributed by atoms with Gasteiger partial charge in [-0.15, -0.1) is 0 Å². The van der Waals surface area contributed by atoms with Crippen molar-refractivity contribution in [2.45, 2.75) is 12.5 Å². The molecule has 106 valence electrons. The smallest absolute Gasteiger partial charge is 0.127 e. The van der Waals surface area contributed by atoms with Crippen molar-refractivity contribution in [1.29, 1.82) is 5.26 Å². The maximum absolute atomic E-state index is 9.75. The van der Waals surface area contributed by atoms with Gasteiger partial charge in [0.2, 0.25) is 0 Å². The predicted molar refractivity (Wildman–Crippen MR) is 87.7 cm³/mol. The van der Waals surface area contributed by atoms with E-state index in [0.717, 1.165) is 37.8 Å². The molecule has 0 saturated heterocycles. The van der Waals surface area contributed by atoms with Gasteiger partial charge >= 0.3 is 0 Å². The van der Waals surface area contributed by atoms with Crippen molar-refractivity contribution in [3.05, 3.63) is 70.0 Å². The quantitative estimate of drug-likeness (QED) is 0.681. The topological polar surface area (TPSA) is 45.9 Å². The molecule has 1 atom stereocenters. The SMILES string of the molecule is N#CC(c1cc2c(cc1Br)OC2)c1nccc2ccccc12. The van der Waals surface area contributed by atoms with Crippen LogP contribution < -0.4 is 4.74 Å². The van der Waals surface area contributed by atoms with Crippen molar-refractivity contribution >= 4 is 26.7 Å². The Morgan fingerprint density at radius 1 is 1.23 bits per heavy atom. The van der Waals surface area contributed by atoms with E-state index in [1.54, 1.807) is 6.20 Å². The van der Waals surface area contributed by atoms with Crippen molar-refractivity contribution in [3.63, 3.8) is 0 Å². The van der Waals surface area contributed by atoms with E-state index >= 15 is 0 Å². The van der Waals surface area contributed by atoms with Crippen LogP contribution in [0.15, 0.2) is 53.1 Å². The summed E-state index contributed by atoms with van der Waals surface area (Å²) >= 11 is 3.56. The zero-order valence-electron chi connectivity index (χ0n) is 11.6. The van der Waals surface area contributed by atoms with Crippen molar-refractivity contribution in [2.24, 2.45) is 0 Å². The van der Waals surface area contributed by atoms with E-state index < -0.39 is 5.92 Å². The number of nitrogens with zero attached hydrogens (tertiary/aromatic N) is 2. The average molecular weight is 351 g/mol. The second kappa shape index (κ2) is 5.11. The average Bonchev–Trinajstić information content (AvgIpc) is 2.54. The highest BCUT2D eigenvalue weighted by Gasteiger charge is 2.24. The van der Waals surface area contributed by atoms with Crippen LogP contribution in [0.25, 0.3) is 10.8 Å². The van der Waals surface area contributed by atoms with Crippen LogP contribution in [0.2, 0.25) is 0 Å². The number of nitriles is 1. The summed E-state index contributed by atoms with van der Waals surface area (Å²) in [6.07, 6.45) is 1.76. The van der Waals surface area contributed by atoms with Crippen LogP contribution in [-0.2, 0) is 6.61 Å². The van der Waals surface area contributed by atoms with Gasteiger partial charge in [0, 0.05) is 21.6 Å².